The molecular weight excluding hydrogens is 242 g/mol. The van der Waals surface area contributed by atoms with Crippen LogP contribution in [0.25, 0.3) is 10.9 Å². The molecule has 1 saturated heterocycles. The number of nitrogens with zero attached hydrogens (tertiary/aromatic N) is 1. The number of benzene rings is 1. The fourth-order valence-electron chi connectivity index (χ4n) is 2.64. The summed E-state index contributed by atoms with van der Waals surface area (Å²) >= 11 is 0. The summed E-state index contributed by atoms with van der Waals surface area (Å²) in [7, 11) is 0. The van der Waals surface area contributed by atoms with Crippen LogP contribution in [-0.2, 0) is 11.2 Å². The van der Waals surface area contributed by atoms with Gasteiger partial charge in [0.1, 0.15) is 0 Å². The molecule has 0 atom stereocenters. The molecule has 2 aromatic rings. The van der Waals surface area contributed by atoms with Crippen LogP contribution < -0.4 is 5.73 Å². The first-order valence-electron chi connectivity index (χ1n) is 6.57. The van der Waals surface area contributed by atoms with Crippen LogP contribution in [-0.4, -0.2) is 29.7 Å². The number of nitrogen functional groups attached to an aromatic ring is 1. The molecule has 1 aromatic heterocycles. The summed E-state index contributed by atoms with van der Waals surface area (Å²) in [5, 5.41) is 8.35. The minimum Gasteiger partial charge on any atom is -0.398 e. The van der Waals surface area contributed by atoms with E-state index in [1.54, 1.807) is 6.07 Å². The van der Waals surface area contributed by atoms with Crippen molar-refractivity contribution in [3.8, 4) is 0 Å². The summed E-state index contributed by atoms with van der Waals surface area (Å²) in [4.78, 5) is 11.0. The maximum atomic E-state index is 11.0. The average molecular weight is 259 g/mol. The molecule has 2 heterocycles. The van der Waals surface area contributed by atoms with Crippen molar-refractivity contribution in [2.45, 2.75) is 19.3 Å². The number of aromatic nitrogens is 2. The zero-order chi connectivity index (χ0) is 13.2. The lowest BCUT2D eigenvalue weighted by Crippen LogP contribution is -2.17. The molecule has 1 aliphatic heterocycles. The molecule has 0 radical (unpaired) electrons. The second-order valence-corrected chi connectivity index (χ2v) is 5.08. The second-order valence-electron chi connectivity index (χ2n) is 5.08. The van der Waals surface area contributed by atoms with E-state index in [2.05, 4.69) is 10.2 Å². The van der Waals surface area contributed by atoms with Gasteiger partial charge in [0.05, 0.1) is 5.52 Å². The van der Waals surface area contributed by atoms with Gasteiger partial charge in [0.25, 0.3) is 0 Å². The molecule has 1 aliphatic rings. The first-order chi connectivity index (χ1) is 9.28. The summed E-state index contributed by atoms with van der Waals surface area (Å²) in [5.41, 5.74) is 8.71. The number of ether oxygens (including phenoxy) is 1. The van der Waals surface area contributed by atoms with Gasteiger partial charge in [-0.05, 0) is 37.3 Å². The van der Waals surface area contributed by atoms with Gasteiger partial charge >= 0.3 is 0 Å². The predicted molar refractivity (Wildman–Crippen MR) is 73.1 cm³/mol. The van der Waals surface area contributed by atoms with Crippen molar-refractivity contribution in [2.24, 2.45) is 5.92 Å². The van der Waals surface area contributed by atoms with E-state index in [1.165, 1.54) is 0 Å². The lowest BCUT2D eigenvalue weighted by atomic mass is 9.93. The van der Waals surface area contributed by atoms with Crippen LogP contribution in [0.15, 0.2) is 12.1 Å². The minimum atomic E-state index is 0.478. The molecule has 0 unspecified atom stereocenters. The normalized spacial score (nSPS) is 16.8. The Morgan fingerprint density at radius 2 is 2.21 bits per heavy atom. The van der Waals surface area contributed by atoms with Crippen LogP contribution in [0.5, 0.6) is 0 Å². The molecule has 0 spiro atoms. The average Bonchev–Trinajstić information content (AvgIpc) is 2.81. The highest BCUT2D eigenvalue weighted by atomic mass is 16.5. The number of hydrogen-bond acceptors (Lipinski definition) is 4. The second kappa shape index (κ2) is 5.01. The summed E-state index contributed by atoms with van der Waals surface area (Å²) in [6.45, 7) is 1.67. The Kier molecular flexibility index (Phi) is 3.21. The van der Waals surface area contributed by atoms with E-state index in [-0.39, 0.29) is 0 Å². The quantitative estimate of drug-likeness (QED) is 0.652. The third kappa shape index (κ3) is 2.33. The van der Waals surface area contributed by atoms with Crippen LogP contribution in [0.4, 0.5) is 5.69 Å². The Hall–Kier alpha value is -1.88. The third-order valence-corrected chi connectivity index (χ3v) is 3.80. The molecule has 1 aromatic carbocycles. The maximum absolute atomic E-state index is 11.0. The van der Waals surface area contributed by atoms with Crippen LogP contribution in [0.1, 0.15) is 28.9 Å². The SMILES string of the molecule is Nc1cc2n[nH]c(CC3CCOCC3)c2cc1C=O. The van der Waals surface area contributed by atoms with E-state index < -0.39 is 0 Å². The Morgan fingerprint density at radius 3 is 2.95 bits per heavy atom. The molecular formula is C14H17N3O2. The maximum Gasteiger partial charge on any atom is 0.152 e. The van der Waals surface area contributed by atoms with Gasteiger partial charge in [-0.15, -0.1) is 0 Å². The lowest BCUT2D eigenvalue weighted by Gasteiger charge is -2.21. The molecule has 5 nitrogen and oxygen atoms in total. The fraction of sp³-hybridized carbons (Fsp3) is 0.429. The van der Waals surface area contributed by atoms with Crippen molar-refractivity contribution in [1.29, 1.82) is 0 Å². The number of hydrogen-bond donors (Lipinski definition) is 2. The van der Waals surface area contributed by atoms with E-state index >= 15 is 0 Å². The van der Waals surface area contributed by atoms with Gasteiger partial charge in [0.2, 0.25) is 0 Å². The first kappa shape index (κ1) is 12.2. The number of nitrogens with two attached hydrogens (primary N) is 1. The molecule has 3 N–H and O–H groups in total. The fourth-order valence-corrected chi connectivity index (χ4v) is 2.64. The monoisotopic (exact) mass is 259 g/mol. The lowest BCUT2D eigenvalue weighted by molar-refractivity contribution is 0.0663. The number of fused-ring (bicyclic) bond motifs is 1. The van der Waals surface area contributed by atoms with Crippen LogP contribution in [0.2, 0.25) is 0 Å². The van der Waals surface area contributed by atoms with Crippen LogP contribution in [0.3, 0.4) is 0 Å². The molecule has 1 fully saturated rings. The molecule has 5 heteroatoms. The van der Waals surface area contributed by atoms with Crippen molar-refractivity contribution in [1.82, 2.24) is 10.2 Å². The molecule has 100 valence electrons. The van der Waals surface area contributed by atoms with Crippen molar-refractivity contribution in [2.75, 3.05) is 18.9 Å². The first-order valence-corrected chi connectivity index (χ1v) is 6.57. The summed E-state index contributed by atoms with van der Waals surface area (Å²) in [6.07, 6.45) is 3.90. The van der Waals surface area contributed by atoms with Gasteiger partial charge in [-0.25, -0.2) is 0 Å². The van der Waals surface area contributed by atoms with Crippen molar-refractivity contribution < 1.29 is 9.53 Å². The Labute approximate surface area is 111 Å². The minimum absolute atomic E-state index is 0.478. The Bertz CT molecular complexity index is 600. The number of aromatic amines is 1. The Morgan fingerprint density at radius 1 is 1.42 bits per heavy atom. The summed E-state index contributed by atoms with van der Waals surface area (Å²) < 4.78 is 5.37. The number of carbonyl (C=O) groups excluding carboxylic acids is 1. The van der Waals surface area contributed by atoms with Gasteiger partial charge in [-0.2, -0.15) is 5.10 Å². The predicted octanol–water partition coefficient (Wildman–Crippen LogP) is 1.93. The van der Waals surface area contributed by atoms with Gasteiger partial charge in [0.15, 0.2) is 6.29 Å². The molecule has 0 saturated carbocycles. The summed E-state index contributed by atoms with van der Waals surface area (Å²) in [6, 6.07) is 3.58. The van der Waals surface area contributed by atoms with Crippen molar-refractivity contribution >= 4 is 22.9 Å². The number of H-pyrrole nitrogens is 1. The molecule has 0 bridgehead atoms. The highest BCUT2D eigenvalue weighted by molar-refractivity contribution is 5.94. The number of nitrogens with one attached hydrogen (secondary N) is 1. The number of rotatable bonds is 3. The number of aldehydes is 1. The van der Waals surface area contributed by atoms with E-state index in [0.717, 1.165) is 55.4 Å². The third-order valence-electron chi connectivity index (χ3n) is 3.80. The highest BCUT2D eigenvalue weighted by Gasteiger charge is 2.17. The topological polar surface area (TPSA) is 81.0 Å². The molecule has 3 rings (SSSR count). The van der Waals surface area contributed by atoms with E-state index in [4.69, 9.17) is 10.5 Å². The number of anilines is 1. The van der Waals surface area contributed by atoms with Crippen molar-refractivity contribution in [3.63, 3.8) is 0 Å². The molecule has 0 aliphatic carbocycles. The number of carbonyl (C=O) groups is 1. The molecule has 19 heavy (non-hydrogen) atoms. The van der Waals surface area contributed by atoms with Gasteiger partial charge in [-0.3, -0.25) is 9.89 Å². The van der Waals surface area contributed by atoms with E-state index in [0.29, 0.717) is 17.2 Å². The van der Waals surface area contributed by atoms with Gasteiger partial charge in [0, 0.05) is 35.5 Å². The highest BCUT2D eigenvalue weighted by Crippen LogP contribution is 2.26. The van der Waals surface area contributed by atoms with Gasteiger partial charge in [-0.1, -0.05) is 0 Å². The smallest absolute Gasteiger partial charge is 0.152 e. The summed E-state index contributed by atoms with van der Waals surface area (Å²) in [5.74, 6) is 0.620. The zero-order valence-corrected chi connectivity index (χ0v) is 10.7. The molecule has 0 amide bonds. The van der Waals surface area contributed by atoms with E-state index in [1.807, 2.05) is 6.07 Å². The standard InChI is InChI=1S/C14H17N3O2/c15-12-7-14-11(6-10(12)8-18)13(16-17-14)5-9-1-3-19-4-2-9/h6-9H,1-5,15H2,(H,16,17). The van der Waals surface area contributed by atoms with Crippen LogP contribution >= 0.6 is 0 Å². The van der Waals surface area contributed by atoms with Gasteiger partial charge < -0.3 is 10.5 Å². The van der Waals surface area contributed by atoms with E-state index in [9.17, 15) is 4.79 Å². The Balaban J connectivity index is 1.92. The zero-order valence-electron chi connectivity index (χ0n) is 10.7. The largest absolute Gasteiger partial charge is 0.398 e. The van der Waals surface area contributed by atoms with Crippen molar-refractivity contribution in [3.05, 3.63) is 23.4 Å². The van der Waals surface area contributed by atoms with Crippen LogP contribution in [0, 0.1) is 5.92 Å².